The van der Waals surface area contributed by atoms with Crippen LogP contribution in [0.1, 0.15) is 37.8 Å². The van der Waals surface area contributed by atoms with Crippen LogP contribution in [0.5, 0.6) is 0 Å². The highest BCUT2D eigenvalue weighted by Gasteiger charge is 2.55. The van der Waals surface area contributed by atoms with E-state index in [9.17, 15) is 13.6 Å². The molecule has 2 aliphatic rings. The van der Waals surface area contributed by atoms with Gasteiger partial charge in [0.2, 0.25) is 5.91 Å². The standard InChI is InChI=1S/C21H21F2N3OS/c1-3-6-14-12-24-19-8-5-4-7-17(19)21(14)26(13(2)27)25-20(28-21)16-11-15(22)9-10-18(16)23/h4-5,7-11,14,24H,3,6,12H2,1-2H3. The van der Waals surface area contributed by atoms with Gasteiger partial charge in [-0.05, 0) is 30.7 Å². The van der Waals surface area contributed by atoms with Gasteiger partial charge in [0.15, 0.2) is 0 Å². The molecule has 1 N–H and O–H groups in total. The molecule has 2 atom stereocenters. The summed E-state index contributed by atoms with van der Waals surface area (Å²) in [6.07, 6.45) is 1.80. The average molecular weight is 401 g/mol. The van der Waals surface area contributed by atoms with E-state index in [4.69, 9.17) is 0 Å². The summed E-state index contributed by atoms with van der Waals surface area (Å²) in [6.45, 7) is 4.24. The Morgan fingerprint density at radius 2 is 2.11 bits per heavy atom. The van der Waals surface area contributed by atoms with Crippen LogP contribution in [0.15, 0.2) is 47.6 Å². The lowest BCUT2D eigenvalue weighted by Gasteiger charge is -2.46. The normalized spacial score (nSPS) is 23.4. The number of carbonyl (C=O) groups is 1. The molecule has 1 spiro atoms. The van der Waals surface area contributed by atoms with Gasteiger partial charge in [0.05, 0.1) is 0 Å². The number of amides is 1. The van der Waals surface area contributed by atoms with E-state index < -0.39 is 16.5 Å². The Bertz CT molecular complexity index is 964. The molecule has 0 saturated heterocycles. The summed E-state index contributed by atoms with van der Waals surface area (Å²) in [5.41, 5.74) is 1.96. The van der Waals surface area contributed by atoms with Crippen LogP contribution >= 0.6 is 11.8 Å². The van der Waals surface area contributed by atoms with E-state index in [2.05, 4.69) is 17.3 Å². The highest BCUT2D eigenvalue weighted by atomic mass is 32.2. The number of para-hydroxylation sites is 1. The van der Waals surface area contributed by atoms with Gasteiger partial charge in [-0.1, -0.05) is 43.3 Å². The number of halogens is 2. The SMILES string of the molecule is CCCC1CNc2ccccc2C12SC(c1cc(F)ccc1F)=NN2C(C)=O. The van der Waals surface area contributed by atoms with E-state index >= 15 is 0 Å². The highest BCUT2D eigenvalue weighted by molar-refractivity contribution is 8.15. The van der Waals surface area contributed by atoms with E-state index in [1.54, 1.807) is 0 Å². The molecule has 2 aromatic rings. The van der Waals surface area contributed by atoms with Gasteiger partial charge in [0, 0.05) is 36.2 Å². The summed E-state index contributed by atoms with van der Waals surface area (Å²) in [4.78, 5) is 11.8. The Kier molecular flexibility index (Phi) is 4.87. The summed E-state index contributed by atoms with van der Waals surface area (Å²) in [5.74, 6) is -1.25. The first kappa shape index (κ1) is 18.9. The number of anilines is 1. The van der Waals surface area contributed by atoms with Gasteiger partial charge >= 0.3 is 0 Å². The lowest BCUT2D eigenvalue weighted by atomic mass is 9.84. The third kappa shape index (κ3) is 2.89. The molecule has 0 saturated carbocycles. The van der Waals surface area contributed by atoms with E-state index in [1.807, 2.05) is 24.3 Å². The molecular weight excluding hydrogens is 380 g/mol. The van der Waals surface area contributed by atoms with Crippen LogP contribution in [0.2, 0.25) is 0 Å². The van der Waals surface area contributed by atoms with Gasteiger partial charge in [-0.15, -0.1) is 0 Å². The Hall–Kier alpha value is -2.41. The van der Waals surface area contributed by atoms with Crippen molar-refractivity contribution in [3.05, 3.63) is 65.2 Å². The van der Waals surface area contributed by atoms with Crippen molar-refractivity contribution in [2.75, 3.05) is 11.9 Å². The summed E-state index contributed by atoms with van der Waals surface area (Å²) in [6, 6.07) is 11.1. The lowest BCUT2D eigenvalue weighted by molar-refractivity contribution is -0.133. The number of nitrogens with one attached hydrogen (secondary N) is 1. The minimum Gasteiger partial charge on any atom is -0.384 e. The molecule has 2 aromatic carbocycles. The van der Waals surface area contributed by atoms with Crippen molar-refractivity contribution in [1.82, 2.24) is 5.01 Å². The number of hydrogen-bond donors (Lipinski definition) is 1. The fourth-order valence-corrected chi connectivity index (χ4v) is 5.66. The highest BCUT2D eigenvalue weighted by Crippen LogP contribution is 2.57. The quantitative estimate of drug-likeness (QED) is 0.794. The predicted molar refractivity (Wildman–Crippen MR) is 108 cm³/mol. The number of nitrogens with zero attached hydrogens (tertiary/aromatic N) is 2. The van der Waals surface area contributed by atoms with Gasteiger partial charge in [-0.3, -0.25) is 4.79 Å². The maximum atomic E-state index is 14.5. The first-order chi connectivity index (χ1) is 13.5. The first-order valence-electron chi connectivity index (χ1n) is 9.34. The third-order valence-corrected chi connectivity index (χ3v) is 6.79. The van der Waals surface area contributed by atoms with Crippen LogP contribution in [-0.2, 0) is 9.67 Å². The minimum absolute atomic E-state index is 0.0687. The van der Waals surface area contributed by atoms with Gasteiger partial charge in [0.25, 0.3) is 0 Å². The third-order valence-electron chi connectivity index (χ3n) is 5.26. The van der Waals surface area contributed by atoms with Gasteiger partial charge in [-0.25, -0.2) is 13.8 Å². The molecule has 0 radical (unpaired) electrons. The van der Waals surface area contributed by atoms with Crippen LogP contribution in [-0.4, -0.2) is 22.5 Å². The number of fused-ring (bicyclic) bond motifs is 2. The Labute approximate surface area is 167 Å². The van der Waals surface area contributed by atoms with E-state index in [0.29, 0.717) is 11.6 Å². The van der Waals surface area contributed by atoms with Gasteiger partial charge < -0.3 is 5.32 Å². The van der Waals surface area contributed by atoms with E-state index in [1.165, 1.54) is 23.7 Å². The zero-order valence-corrected chi connectivity index (χ0v) is 16.5. The molecule has 0 bridgehead atoms. The number of carbonyl (C=O) groups excluding carboxylic acids is 1. The fraction of sp³-hybridized carbons (Fsp3) is 0.333. The van der Waals surface area contributed by atoms with Crippen molar-refractivity contribution in [2.24, 2.45) is 11.0 Å². The van der Waals surface area contributed by atoms with Crippen LogP contribution in [0.3, 0.4) is 0 Å². The van der Waals surface area contributed by atoms with Crippen molar-refractivity contribution in [1.29, 1.82) is 0 Å². The lowest BCUT2D eigenvalue weighted by Crippen LogP contribution is -2.51. The van der Waals surface area contributed by atoms with Crippen LogP contribution < -0.4 is 5.32 Å². The molecule has 1 amide bonds. The van der Waals surface area contributed by atoms with Crippen LogP contribution in [0.4, 0.5) is 14.5 Å². The molecular formula is C21H21F2N3OS. The zero-order chi connectivity index (χ0) is 19.9. The maximum absolute atomic E-state index is 14.5. The maximum Gasteiger partial charge on any atom is 0.241 e. The molecule has 2 heterocycles. The number of hydrazone groups is 1. The predicted octanol–water partition coefficient (Wildman–Crippen LogP) is 4.92. The second-order valence-corrected chi connectivity index (χ2v) is 8.28. The molecule has 28 heavy (non-hydrogen) atoms. The fourth-order valence-electron chi connectivity index (χ4n) is 4.06. The van der Waals surface area contributed by atoms with Crippen molar-refractivity contribution in [2.45, 2.75) is 31.6 Å². The van der Waals surface area contributed by atoms with Crippen molar-refractivity contribution in [3.63, 3.8) is 0 Å². The molecule has 7 heteroatoms. The average Bonchev–Trinajstić information content (AvgIpc) is 3.08. The van der Waals surface area contributed by atoms with E-state index in [-0.39, 0.29) is 17.4 Å². The first-order valence-corrected chi connectivity index (χ1v) is 10.2. The van der Waals surface area contributed by atoms with Crippen LogP contribution in [0, 0.1) is 17.6 Å². The molecule has 4 rings (SSSR count). The molecule has 146 valence electrons. The Balaban J connectivity index is 1.89. The smallest absolute Gasteiger partial charge is 0.241 e. The van der Waals surface area contributed by atoms with Crippen molar-refractivity contribution >= 4 is 28.4 Å². The largest absolute Gasteiger partial charge is 0.384 e. The number of rotatable bonds is 3. The number of benzene rings is 2. The van der Waals surface area contributed by atoms with Crippen molar-refractivity contribution < 1.29 is 13.6 Å². The molecule has 2 aliphatic heterocycles. The molecule has 0 aromatic heterocycles. The molecule has 2 unspecified atom stereocenters. The minimum atomic E-state index is -0.780. The summed E-state index contributed by atoms with van der Waals surface area (Å²) in [5, 5.41) is 9.74. The summed E-state index contributed by atoms with van der Waals surface area (Å²) in [7, 11) is 0. The van der Waals surface area contributed by atoms with Crippen molar-refractivity contribution in [3.8, 4) is 0 Å². The topological polar surface area (TPSA) is 44.7 Å². The molecule has 4 nitrogen and oxygen atoms in total. The summed E-state index contributed by atoms with van der Waals surface area (Å²) < 4.78 is 28.3. The van der Waals surface area contributed by atoms with Gasteiger partial charge in [0.1, 0.15) is 21.5 Å². The second-order valence-electron chi connectivity index (χ2n) is 7.07. The monoisotopic (exact) mass is 401 g/mol. The van der Waals surface area contributed by atoms with Crippen LogP contribution in [0.25, 0.3) is 0 Å². The number of hydrogen-bond acceptors (Lipinski definition) is 4. The second kappa shape index (κ2) is 7.20. The molecule has 0 aliphatic carbocycles. The van der Waals surface area contributed by atoms with E-state index in [0.717, 1.165) is 42.3 Å². The Morgan fingerprint density at radius 3 is 2.86 bits per heavy atom. The zero-order valence-electron chi connectivity index (χ0n) is 15.7. The van der Waals surface area contributed by atoms with Gasteiger partial charge in [-0.2, -0.15) is 5.10 Å². The Morgan fingerprint density at radius 1 is 1.32 bits per heavy atom. The molecule has 0 fully saturated rings. The summed E-state index contributed by atoms with van der Waals surface area (Å²) >= 11 is 1.35. The number of thioether (sulfide) groups is 1.